The summed E-state index contributed by atoms with van der Waals surface area (Å²) in [7, 11) is -3.57. The lowest BCUT2D eigenvalue weighted by atomic mass is 10.2. The van der Waals surface area contributed by atoms with Crippen molar-refractivity contribution in [1.29, 1.82) is 0 Å². The van der Waals surface area contributed by atoms with E-state index in [2.05, 4.69) is 29.0 Å². The van der Waals surface area contributed by atoms with Gasteiger partial charge in [0.1, 0.15) is 10.6 Å². The molecule has 0 saturated carbocycles. The summed E-state index contributed by atoms with van der Waals surface area (Å²) < 4.78 is 26.9. The zero-order valence-corrected chi connectivity index (χ0v) is 17.8. The van der Waals surface area contributed by atoms with Gasteiger partial charge in [-0.1, -0.05) is 0 Å². The zero-order valence-electron chi connectivity index (χ0n) is 16.1. The van der Waals surface area contributed by atoms with E-state index in [1.807, 2.05) is 24.3 Å². The van der Waals surface area contributed by atoms with Gasteiger partial charge in [0.2, 0.25) is 10.0 Å². The maximum absolute atomic E-state index is 12.7. The molecule has 28 heavy (non-hydrogen) atoms. The molecule has 1 fully saturated rings. The molecule has 1 aromatic heterocycles. The molecule has 0 bridgehead atoms. The Morgan fingerprint density at radius 1 is 1.18 bits per heavy atom. The number of nitrogens with one attached hydrogen (secondary N) is 2. The van der Waals surface area contributed by atoms with Crippen LogP contribution < -0.4 is 10.2 Å². The van der Waals surface area contributed by atoms with E-state index < -0.39 is 10.0 Å². The molecule has 0 atom stereocenters. The summed E-state index contributed by atoms with van der Waals surface area (Å²) in [5, 5.41) is 2.80. The van der Waals surface area contributed by atoms with Gasteiger partial charge < -0.3 is 15.2 Å². The number of amides is 1. The van der Waals surface area contributed by atoms with Crippen molar-refractivity contribution in [2.45, 2.75) is 18.7 Å². The minimum absolute atomic E-state index is 0.126. The van der Waals surface area contributed by atoms with Gasteiger partial charge in [0.15, 0.2) is 0 Å². The number of hydrogen-bond acceptors (Lipinski definition) is 5. The number of aromatic nitrogens is 1. The second-order valence-electron chi connectivity index (χ2n) is 6.44. The van der Waals surface area contributed by atoms with Crippen molar-refractivity contribution in [2.24, 2.45) is 0 Å². The van der Waals surface area contributed by atoms with Gasteiger partial charge in [-0.15, -0.1) is 0 Å². The Bertz CT molecular complexity index is 900. The summed E-state index contributed by atoms with van der Waals surface area (Å²) >= 11 is 1.75. The zero-order chi connectivity index (χ0) is 20.1. The second-order valence-corrected chi connectivity index (χ2v) is 9.60. The predicted octanol–water partition coefficient (Wildman–Crippen LogP) is 2.85. The number of aromatic amines is 1. The van der Waals surface area contributed by atoms with E-state index >= 15 is 0 Å². The van der Waals surface area contributed by atoms with E-state index in [4.69, 9.17) is 0 Å². The first kappa shape index (κ1) is 20.8. The molecule has 9 heteroatoms. The lowest BCUT2D eigenvalue weighted by Gasteiger charge is -2.24. The van der Waals surface area contributed by atoms with Gasteiger partial charge in [0, 0.05) is 55.3 Å². The SMILES string of the molecule is CCN(CC)c1ccc(NC(=O)c2cc(S(=O)(=O)N3CCSCC3)c[nH]2)cc1. The minimum atomic E-state index is -3.57. The Balaban J connectivity index is 1.69. The van der Waals surface area contributed by atoms with E-state index in [0.29, 0.717) is 18.8 Å². The summed E-state index contributed by atoms with van der Waals surface area (Å²) in [6.07, 6.45) is 1.38. The Kier molecular flexibility index (Phi) is 6.69. The van der Waals surface area contributed by atoms with Crippen LogP contribution in [0.4, 0.5) is 11.4 Å². The average Bonchev–Trinajstić information content (AvgIpc) is 3.22. The molecule has 7 nitrogen and oxygen atoms in total. The van der Waals surface area contributed by atoms with Gasteiger partial charge in [-0.3, -0.25) is 4.79 Å². The van der Waals surface area contributed by atoms with Gasteiger partial charge >= 0.3 is 0 Å². The first-order valence-corrected chi connectivity index (χ1v) is 12.0. The topological polar surface area (TPSA) is 85.5 Å². The van der Waals surface area contributed by atoms with Crippen molar-refractivity contribution < 1.29 is 13.2 Å². The molecule has 2 heterocycles. The highest BCUT2D eigenvalue weighted by molar-refractivity contribution is 7.99. The lowest BCUT2D eigenvalue weighted by molar-refractivity contribution is 0.102. The normalized spacial score (nSPS) is 15.4. The highest BCUT2D eigenvalue weighted by atomic mass is 32.2. The number of nitrogens with zero attached hydrogens (tertiary/aromatic N) is 2. The Labute approximate surface area is 170 Å². The van der Waals surface area contributed by atoms with Crippen molar-refractivity contribution in [2.75, 3.05) is 47.9 Å². The minimum Gasteiger partial charge on any atom is -0.372 e. The fourth-order valence-electron chi connectivity index (χ4n) is 3.13. The van der Waals surface area contributed by atoms with Crippen LogP contribution >= 0.6 is 11.8 Å². The summed E-state index contributed by atoms with van der Waals surface area (Å²) in [5.41, 5.74) is 1.97. The van der Waals surface area contributed by atoms with Crippen LogP contribution in [-0.4, -0.2) is 61.3 Å². The van der Waals surface area contributed by atoms with Gasteiger partial charge in [-0.05, 0) is 44.2 Å². The smallest absolute Gasteiger partial charge is 0.272 e. The number of carbonyl (C=O) groups is 1. The third-order valence-electron chi connectivity index (χ3n) is 4.76. The van der Waals surface area contributed by atoms with Crippen LogP contribution in [0.5, 0.6) is 0 Å². The first-order chi connectivity index (χ1) is 13.5. The molecule has 0 spiro atoms. The molecule has 0 radical (unpaired) electrons. The number of hydrogen-bond donors (Lipinski definition) is 2. The molecule has 0 unspecified atom stereocenters. The lowest BCUT2D eigenvalue weighted by Crippen LogP contribution is -2.37. The quantitative estimate of drug-likeness (QED) is 0.717. The summed E-state index contributed by atoms with van der Waals surface area (Å²) in [6.45, 7) is 7.02. The highest BCUT2D eigenvalue weighted by Gasteiger charge is 2.27. The number of thioether (sulfide) groups is 1. The van der Waals surface area contributed by atoms with E-state index in [1.54, 1.807) is 11.8 Å². The van der Waals surface area contributed by atoms with Gasteiger partial charge in [-0.25, -0.2) is 8.42 Å². The van der Waals surface area contributed by atoms with Crippen molar-refractivity contribution in [3.63, 3.8) is 0 Å². The van der Waals surface area contributed by atoms with Crippen LogP contribution in [-0.2, 0) is 10.0 Å². The van der Waals surface area contributed by atoms with Gasteiger partial charge in [-0.2, -0.15) is 16.1 Å². The van der Waals surface area contributed by atoms with Crippen LogP contribution in [0.2, 0.25) is 0 Å². The van der Waals surface area contributed by atoms with E-state index in [0.717, 1.165) is 30.3 Å². The molecule has 2 aromatic rings. The number of carbonyl (C=O) groups excluding carboxylic acids is 1. The van der Waals surface area contributed by atoms with E-state index in [1.165, 1.54) is 16.6 Å². The standard InChI is InChI=1S/C19H26N4O3S2/c1-3-22(4-2)16-7-5-15(6-8-16)21-19(24)18-13-17(14-20-18)28(25,26)23-9-11-27-12-10-23/h5-8,13-14,20H,3-4,9-12H2,1-2H3,(H,21,24). The van der Waals surface area contributed by atoms with Crippen molar-refractivity contribution >= 4 is 39.1 Å². The first-order valence-electron chi connectivity index (χ1n) is 9.38. The molecule has 1 aliphatic heterocycles. The summed E-state index contributed by atoms with van der Waals surface area (Å²) in [6, 6.07) is 9.01. The van der Waals surface area contributed by atoms with Crippen LogP contribution in [0.1, 0.15) is 24.3 Å². The summed E-state index contributed by atoms with van der Waals surface area (Å²) in [4.78, 5) is 17.6. The van der Waals surface area contributed by atoms with Gasteiger partial charge in [0.25, 0.3) is 5.91 Å². The van der Waals surface area contributed by atoms with Crippen LogP contribution in [0.25, 0.3) is 0 Å². The average molecular weight is 423 g/mol. The second kappa shape index (κ2) is 9.02. The van der Waals surface area contributed by atoms with Crippen molar-refractivity contribution in [3.8, 4) is 0 Å². The van der Waals surface area contributed by atoms with E-state index in [-0.39, 0.29) is 16.5 Å². The predicted molar refractivity (Wildman–Crippen MR) is 115 cm³/mol. The Morgan fingerprint density at radius 3 is 2.43 bits per heavy atom. The fourth-order valence-corrected chi connectivity index (χ4v) is 5.70. The maximum atomic E-state index is 12.7. The third kappa shape index (κ3) is 4.53. The fraction of sp³-hybridized carbons (Fsp3) is 0.421. The number of sulfonamides is 1. The maximum Gasteiger partial charge on any atom is 0.272 e. The highest BCUT2D eigenvalue weighted by Crippen LogP contribution is 2.22. The molecule has 2 N–H and O–H groups in total. The molecule has 1 amide bonds. The molecular formula is C19H26N4O3S2. The van der Waals surface area contributed by atoms with Crippen LogP contribution in [0, 0.1) is 0 Å². The number of H-pyrrole nitrogens is 1. The summed E-state index contributed by atoms with van der Waals surface area (Å²) in [5.74, 6) is 1.22. The Hall–Kier alpha value is -1.97. The van der Waals surface area contributed by atoms with Gasteiger partial charge in [0.05, 0.1) is 0 Å². The van der Waals surface area contributed by atoms with Crippen LogP contribution in [0.3, 0.4) is 0 Å². The Morgan fingerprint density at radius 2 is 1.82 bits per heavy atom. The molecule has 0 aliphatic carbocycles. The van der Waals surface area contributed by atoms with Crippen molar-refractivity contribution in [1.82, 2.24) is 9.29 Å². The molecule has 1 aromatic carbocycles. The van der Waals surface area contributed by atoms with Crippen LogP contribution in [0.15, 0.2) is 41.4 Å². The molecule has 152 valence electrons. The molecular weight excluding hydrogens is 396 g/mol. The molecule has 1 saturated heterocycles. The largest absolute Gasteiger partial charge is 0.372 e. The van der Waals surface area contributed by atoms with E-state index in [9.17, 15) is 13.2 Å². The van der Waals surface area contributed by atoms with Crippen molar-refractivity contribution in [3.05, 3.63) is 42.2 Å². The number of rotatable bonds is 7. The third-order valence-corrected chi connectivity index (χ3v) is 7.58. The monoisotopic (exact) mass is 422 g/mol. The molecule has 3 rings (SSSR count). The number of anilines is 2. The number of benzene rings is 1. The molecule has 1 aliphatic rings.